The average molecular weight is 685 g/mol. The summed E-state index contributed by atoms with van der Waals surface area (Å²) in [6.45, 7) is 9.26. The van der Waals surface area contributed by atoms with Gasteiger partial charge in [0.15, 0.2) is 0 Å². The van der Waals surface area contributed by atoms with Gasteiger partial charge in [-0.15, -0.1) is 0 Å². The Kier molecular flexibility index (Phi) is 6.13. The molecule has 0 unspecified atom stereocenters. The van der Waals surface area contributed by atoms with E-state index in [1.807, 2.05) is 6.07 Å². The van der Waals surface area contributed by atoms with Crippen molar-refractivity contribution in [3.63, 3.8) is 0 Å². The minimum Gasteiger partial charge on any atom is -0.458 e. The summed E-state index contributed by atoms with van der Waals surface area (Å²) >= 11 is 0. The standard InChI is InChI=1S/C48H37BN2O2/c1-47(2)32-14-5-9-18-38(32)50(39-19-10-6-15-33(39)47)30-24-26-36-44(28-30)52-42-22-13-23-43-46(42)49(36)37-27-25-31(29-45(37)53-43)51-40-20-11-7-16-34(40)48(3,4)35-17-8-12-21-41(35)51/h5-29H,1-4H3. The molecule has 4 aliphatic rings. The molecule has 0 bridgehead atoms. The highest BCUT2D eigenvalue weighted by molar-refractivity contribution is 6.98. The molecule has 0 amide bonds. The fourth-order valence-corrected chi connectivity index (χ4v) is 9.57. The van der Waals surface area contributed by atoms with Gasteiger partial charge in [0, 0.05) is 39.8 Å². The maximum absolute atomic E-state index is 6.79. The van der Waals surface area contributed by atoms with Crippen molar-refractivity contribution < 1.29 is 9.47 Å². The molecule has 0 atom stereocenters. The maximum Gasteiger partial charge on any atom is 0.260 e. The first kappa shape index (κ1) is 30.4. The first-order valence-electron chi connectivity index (χ1n) is 18.6. The Labute approximate surface area is 311 Å². The van der Waals surface area contributed by atoms with Gasteiger partial charge in [0.05, 0.1) is 22.7 Å². The predicted molar refractivity (Wildman–Crippen MR) is 218 cm³/mol. The van der Waals surface area contributed by atoms with Crippen LogP contribution in [-0.4, -0.2) is 6.71 Å². The van der Waals surface area contributed by atoms with Gasteiger partial charge in [-0.05, 0) is 81.7 Å². The van der Waals surface area contributed by atoms with E-state index >= 15 is 0 Å². The Morgan fingerprint density at radius 3 is 1.13 bits per heavy atom. The summed E-state index contributed by atoms with van der Waals surface area (Å²) in [7, 11) is 0. The second-order valence-corrected chi connectivity index (χ2v) is 15.7. The maximum atomic E-state index is 6.79. The summed E-state index contributed by atoms with van der Waals surface area (Å²) in [5.74, 6) is 3.42. The number of ether oxygens (including phenoxy) is 2. The van der Waals surface area contributed by atoms with Gasteiger partial charge in [0.25, 0.3) is 6.71 Å². The summed E-state index contributed by atoms with van der Waals surface area (Å²) in [5.41, 5.74) is 15.3. The lowest BCUT2D eigenvalue weighted by molar-refractivity contribution is 0.464. The van der Waals surface area contributed by atoms with E-state index in [0.717, 1.165) is 50.8 Å². The largest absolute Gasteiger partial charge is 0.458 e. The van der Waals surface area contributed by atoms with E-state index < -0.39 is 0 Å². The van der Waals surface area contributed by atoms with E-state index in [9.17, 15) is 0 Å². The summed E-state index contributed by atoms with van der Waals surface area (Å²) in [6, 6.07) is 54.8. The van der Waals surface area contributed by atoms with Crippen LogP contribution in [-0.2, 0) is 10.8 Å². The lowest BCUT2D eigenvalue weighted by atomic mass is 9.35. The van der Waals surface area contributed by atoms with Crippen molar-refractivity contribution >= 4 is 57.2 Å². The highest BCUT2D eigenvalue weighted by Crippen LogP contribution is 2.54. The molecule has 0 saturated heterocycles. The van der Waals surface area contributed by atoms with Gasteiger partial charge >= 0.3 is 0 Å². The number of fused-ring (bicyclic) bond motifs is 8. The third-order valence-corrected chi connectivity index (χ3v) is 12.2. The molecular formula is C48H37BN2O2. The van der Waals surface area contributed by atoms with Gasteiger partial charge < -0.3 is 19.3 Å². The molecule has 11 rings (SSSR count). The fraction of sp³-hybridized carbons (Fsp3) is 0.125. The molecule has 4 heterocycles. The predicted octanol–water partition coefficient (Wildman–Crippen LogP) is 10.6. The molecule has 0 radical (unpaired) electrons. The number of rotatable bonds is 2. The van der Waals surface area contributed by atoms with Crippen molar-refractivity contribution in [3.05, 3.63) is 174 Å². The Balaban J connectivity index is 1.05. The Morgan fingerprint density at radius 2 is 0.755 bits per heavy atom. The molecule has 0 spiro atoms. The lowest BCUT2D eigenvalue weighted by Crippen LogP contribution is -2.57. The number of benzene rings is 7. The first-order valence-corrected chi connectivity index (χ1v) is 18.6. The van der Waals surface area contributed by atoms with Crippen molar-refractivity contribution in [1.82, 2.24) is 0 Å². The summed E-state index contributed by atoms with van der Waals surface area (Å²) in [5, 5.41) is 0. The monoisotopic (exact) mass is 684 g/mol. The topological polar surface area (TPSA) is 24.9 Å². The van der Waals surface area contributed by atoms with Crippen LogP contribution in [0, 0.1) is 0 Å². The molecule has 4 nitrogen and oxygen atoms in total. The number of anilines is 6. The van der Waals surface area contributed by atoms with Gasteiger partial charge in [0.2, 0.25) is 0 Å². The normalized spacial score (nSPS) is 16.0. The van der Waals surface area contributed by atoms with E-state index in [2.05, 4.69) is 183 Å². The number of para-hydroxylation sites is 4. The fourth-order valence-electron chi connectivity index (χ4n) is 9.57. The van der Waals surface area contributed by atoms with Crippen molar-refractivity contribution in [2.45, 2.75) is 38.5 Å². The molecular weight excluding hydrogens is 647 g/mol. The zero-order valence-electron chi connectivity index (χ0n) is 30.2. The Bertz CT molecular complexity index is 2400. The van der Waals surface area contributed by atoms with E-state index in [1.54, 1.807) is 0 Å². The molecule has 0 N–H and O–H groups in total. The van der Waals surface area contributed by atoms with Gasteiger partial charge in [-0.2, -0.15) is 0 Å². The average Bonchev–Trinajstić information content (AvgIpc) is 3.18. The van der Waals surface area contributed by atoms with Crippen LogP contribution in [0.4, 0.5) is 34.1 Å². The minimum absolute atomic E-state index is 0.0310. The second kappa shape index (κ2) is 10.7. The number of hydrogen-bond donors (Lipinski definition) is 0. The van der Waals surface area contributed by atoms with Gasteiger partial charge in [0.1, 0.15) is 23.0 Å². The van der Waals surface area contributed by atoms with Crippen molar-refractivity contribution in [2.24, 2.45) is 0 Å². The Morgan fingerprint density at radius 1 is 0.396 bits per heavy atom. The second-order valence-electron chi connectivity index (χ2n) is 15.7. The smallest absolute Gasteiger partial charge is 0.260 e. The number of hydrogen-bond acceptors (Lipinski definition) is 4. The first-order chi connectivity index (χ1) is 25.8. The molecule has 7 aromatic carbocycles. The van der Waals surface area contributed by atoms with Crippen molar-refractivity contribution in [1.29, 1.82) is 0 Å². The van der Waals surface area contributed by atoms with Crippen LogP contribution in [0.3, 0.4) is 0 Å². The van der Waals surface area contributed by atoms with Gasteiger partial charge in [-0.3, -0.25) is 0 Å². The van der Waals surface area contributed by atoms with E-state index in [0.29, 0.717) is 0 Å². The zero-order chi connectivity index (χ0) is 35.6. The molecule has 53 heavy (non-hydrogen) atoms. The molecule has 7 aromatic rings. The summed E-state index contributed by atoms with van der Waals surface area (Å²) in [4.78, 5) is 4.79. The number of nitrogens with zero attached hydrogens (tertiary/aromatic N) is 2. The molecule has 0 saturated carbocycles. The van der Waals surface area contributed by atoms with Crippen LogP contribution in [0.15, 0.2) is 152 Å². The van der Waals surface area contributed by atoms with Crippen molar-refractivity contribution in [2.75, 3.05) is 9.80 Å². The van der Waals surface area contributed by atoms with Crippen LogP contribution >= 0.6 is 0 Å². The van der Waals surface area contributed by atoms with E-state index in [4.69, 9.17) is 9.47 Å². The Hall–Kier alpha value is -6.20. The van der Waals surface area contributed by atoms with Crippen LogP contribution in [0.2, 0.25) is 0 Å². The third-order valence-electron chi connectivity index (χ3n) is 12.2. The highest BCUT2D eigenvalue weighted by Gasteiger charge is 2.43. The minimum atomic E-state index is -0.122. The lowest BCUT2D eigenvalue weighted by Gasteiger charge is -2.42. The zero-order valence-corrected chi connectivity index (χ0v) is 30.2. The molecule has 5 heteroatoms. The molecule has 0 aliphatic carbocycles. The highest BCUT2D eigenvalue weighted by atomic mass is 16.5. The summed E-state index contributed by atoms with van der Waals surface area (Å²) < 4.78 is 13.6. The van der Waals surface area contributed by atoms with Crippen LogP contribution in [0.25, 0.3) is 0 Å². The van der Waals surface area contributed by atoms with Crippen molar-refractivity contribution in [3.8, 4) is 23.0 Å². The molecule has 0 aromatic heterocycles. The van der Waals surface area contributed by atoms with Gasteiger partial charge in [-0.25, -0.2) is 0 Å². The van der Waals surface area contributed by atoms with E-state index in [1.165, 1.54) is 45.0 Å². The quantitative estimate of drug-likeness (QED) is 0.169. The SMILES string of the molecule is CC1(C)c2ccccc2N(c2ccc3c(c2)Oc2cccc4c2B3c2ccc(N3c5ccccc5C(C)(C)c5ccccc53)cc2O4)c2ccccc21. The third kappa shape index (κ3) is 4.13. The van der Waals surface area contributed by atoms with E-state index in [-0.39, 0.29) is 17.5 Å². The molecule has 254 valence electrons. The van der Waals surface area contributed by atoms with Crippen LogP contribution in [0.5, 0.6) is 23.0 Å². The molecule has 4 aliphatic heterocycles. The van der Waals surface area contributed by atoms with Crippen LogP contribution in [0.1, 0.15) is 49.9 Å². The van der Waals surface area contributed by atoms with Crippen LogP contribution < -0.4 is 35.7 Å². The van der Waals surface area contributed by atoms with Gasteiger partial charge in [-0.1, -0.05) is 119 Å². The molecule has 0 fully saturated rings. The summed E-state index contributed by atoms with van der Waals surface area (Å²) in [6.07, 6.45) is 0.